The maximum atomic E-state index is 8.80. The lowest BCUT2D eigenvalue weighted by molar-refractivity contribution is -0.113. The summed E-state index contributed by atoms with van der Waals surface area (Å²) in [5.41, 5.74) is -1.05. The maximum Gasteiger partial charge on any atom is 0.185 e. The summed E-state index contributed by atoms with van der Waals surface area (Å²) in [7, 11) is 0. The molecule has 2 aliphatic rings. The topological polar surface area (TPSA) is 66.1 Å². The molecule has 0 aromatic heterocycles. The van der Waals surface area contributed by atoms with Gasteiger partial charge in [0.1, 0.15) is 5.60 Å². The van der Waals surface area contributed by atoms with E-state index in [1.807, 2.05) is 27.7 Å². The summed E-state index contributed by atoms with van der Waals surface area (Å²) in [6.45, 7) is 7.73. The van der Waals surface area contributed by atoms with E-state index in [2.05, 4.69) is 6.07 Å². The molecule has 0 saturated carbocycles. The van der Waals surface area contributed by atoms with Crippen molar-refractivity contribution in [2.75, 3.05) is 0 Å². The van der Waals surface area contributed by atoms with E-state index in [1.54, 1.807) is 0 Å². The number of allylic oxidation sites excluding steroid dienone is 1. The summed E-state index contributed by atoms with van der Waals surface area (Å²) in [6.07, 6.45) is 1.97. The van der Waals surface area contributed by atoms with Gasteiger partial charge in [-0.2, -0.15) is 5.26 Å². The Kier molecular flexibility index (Phi) is 2.57. The Morgan fingerprint density at radius 2 is 2.06 bits per heavy atom. The minimum absolute atomic E-state index is 0.247. The lowest BCUT2D eigenvalue weighted by Gasteiger charge is -2.34. The average molecular weight is 252 g/mol. The van der Waals surface area contributed by atoms with Gasteiger partial charge in [0.05, 0.1) is 18.1 Å². The third kappa shape index (κ3) is 1.76. The van der Waals surface area contributed by atoms with Gasteiger partial charge in [-0.25, -0.2) is 0 Å². The molecular weight excluding hydrogens is 236 g/mol. The molecule has 1 spiro atoms. The molecule has 0 amide bonds. The maximum absolute atomic E-state index is 8.80. The van der Waals surface area contributed by atoms with Crippen molar-refractivity contribution in [1.82, 2.24) is 0 Å². The largest absolute Gasteiger partial charge is 0.471 e. The van der Waals surface area contributed by atoms with Crippen LogP contribution in [0.15, 0.2) is 11.0 Å². The van der Waals surface area contributed by atoms with Crippen LogP contribution in [-0.2, 0) is 9.47 Å². The number of nitriles is 1. The molecule has 0 bridgehead atoms. The van der Waals surface area contributed by atoms with Crippen molar-refractivity contribution < 1.29 is 9.47 Å². The summed E-state index contributed by atoms with van der Waals surface area (Å²) in [5.74, 6) is 0.247. The van der Waals surface area contributed by atoms with Crippen LogP contribution < -0.4 is 0 Å². The molecule has 2 saturated heterocycles. The second-order valence-electron chi connectivity index (χ2n) is 5.32. The molecule has 2 heterocycles. The summed E-state index contributed by atoms with van der Waals surface area (Å²) in [4.78, 5) is 0.308. The van der Waals surface area contributed by atoms with Crippen molar-refractivity contribution in [2.45, 2.75) is 50.3 Å². The zero-order valence-corrected chi connectivity index (χ0v) is 11.3. The Morgan fingerprint density at radius 3 is 2.53 bits per heavy atom. The summed E-state index contributed by atoms with van der Waals surface area (Å²) < 4.78 is 11.7. The van der Waals surface area contributed by atoms with E-state index in [9.17, 15) is 0 Å². The van der Waals surface area contributed by atoms with E-state index in [0.717, 1.165) is 4.91 Å². The van der Waals surface area contributed by atoms with Gasteiger partial charge < -0.3 is 9.47 Å². The molecule has 17 heavy (non-hydrogen) atoms. The molecule has 2 aliphatic heterocycles. The van der Waals surface area contributed by atoms with Gasteiger partial charge in [0, 0.05) is 11.0 Å². The number of hydrogen-bond acceptors (Lipinski definition) is 5. The second-order valence-corrected chi connectivity index (χ2v) is 6.62. The van der Waals surface area contributed by atoms with E-state index in [-0.39, 0.29) is 5.90 Å². The molecule has 1 N–H and O–H groups in total. The van der Waals surface area contributed by atoms with Crippen LogP contribution in [0.2, 0.25) is 0 Å². The van der Waals surface area contributed by atoms with Gasteiger partial charge in [-0.3, -0.25) is 5.41 Å². The van der Waals surface area contributed by atoms with Gasteiger partial charge in [-0.05, 0) is 27.7 Å². The van der Waals surface area contributed by atoms with Crippen LogP contribution in [0.5, 0.6) is 0 Å². The predicted molar refractivity (Wildman–Crippen MR) is 66.7 cm³/mol. The van der Waals surface area contributed by atoms with Gasteiger partial charge in [0.25, 0.3) is 0 Å². The molecular formula is C12H16N2O2S. The van der Waals surface area contributed by atoms with Crippen molar-refractivity contribution in [3.63, 3.8) is 0 Å². The van der Waals surface area contributed by atoms with Crippen LogP contribution in [0.1, 0.15) is 34.1 Å². The van der Waals surface area contributed by atoms with Crippen molar-refractivity contribution in [3.8, 4) is 6.07 Å². The SMILES string of the molecule is CC1(C)OC2(CC(=N)OC2(C)C)S/C1=C\C#N. The lowest BCUT2D eigenvalue weighted by Crippen LogP contribution is -2.45. The first-order valence-electron chi connectivity index (χ1n) is 5.48. The molecule has 0 radical (unpaired) electrons. The smallest absolute Gasteiger partial charge is 0.185 e. The summed E-state index contributed by atoms with van der Waals surface area (Å²) in [5, 5.41) is 16.5. The molecule has 1 atom stereocenters. The normalized spacial score (nSPS) is 36.2. The number of ether oxygens (including phenoxy) is 2. The van der Waals surface area contributed by atoms with Crippen molar-refractivity contribution in [1.29, 1.82) is 10.7 Å². The van der Waals surface area contributed by atoms with E-state index in [0.29, 0.717) is 6.42 Å². The minimum atomic E-state index is -0.587. The van der Waals surface area contributed by atoms with Crippen molar-refractivity contribution in [2.24, 2.45) is 0 Å². The van der Waals surface area contributed by atoms with Crippen LogP contribution in [0.3, 0.4) is 0 Å². The Labute approximate surface area is 105 Å². The van der Waals surface area contributed by atoms with E-state index < -0.39 is 16.1 Å². The van der Waals surface area contributed by atoms with Crippen LogP contribution in [-0.4, -0.2) is 22.0 Å². The standard InChI is InChI=1S/C12H16N2O2S/c1-10(2)8(5-6-13)17-12(16-10)7-9(14)15-11(12,3)4/h5,14H,7H2,1-4H3/b8-5-,14-9?. The zero-order chi connectivity index (χ0) is 12.9. The summed E-state index contributed by atoms with van der Waals surface area (Å²) in [6, 6.07) is 2.05. The third-order valence-electron chi connectivity index (χ3n) is 3.17. The van der Waals surface area contributed by atoms with Gasteiger partial charge in [-0.1, -0.05) is 11.8 Å². The molecule has 2 rings (SSSR count). The Balaban J connectivity index is 2.42. The fraction of sp³-hybridized carbons (Fsp3) is 0.667. The molecule has 92 valence electrons. The minimum Gasteiger partial charge on any atom is -0.471 e. The highest BCUT2D eigenvalue weighted by molar-refractivity contribution is 8.04. The van der Waals surface area contributed by atoms with Gasteiger partial charge in [0.2, 0.25) is 0 Å². The van der Waals surface area contributed by atoms with Crippen LogP contribution in [0, 0.1) is 16.7 Å². The Morgan fingerprint density at radius 1 is 1.41 bits per heavy atom. The summed E-state index contributed by atoms with van der Waals surface area (Å²) >= 11 is 1.51. The first-order valence-corrected chi connectivity index (χ1v) is 6.30. The predicted octanol–water partition coefficient (Wildman–Crippen LogP) is 2.81. The lowest BCUT2D eigenvalue weighted by atomic mass is 9.99. The second kappa shape index (κ2) is 3.50. The fourth-order valence-electron chi connectivity index (χ4n) is 2.21. The molecule has 4 nitrogen and oxygen atoms in total. The zero-order valence-electron chi connectivity index (χ0n) is 10.5. The average Bonchev–Trinajstić information content (AvgIpc) is 2.49. The molecule has 1 unspecified atom stereocenters. The quantitative estimate of drug-likeness (QED) is 0.673. The van der Waals surface area contributed by atoms with Gasteiger partial charge in [0.15, 0.2) is 10.8 Å². The highest BCUT2D eigenvalue weighted by Gasteiger charge is 2.62. The molecule has 0 aromatic rings. The van der Waals surface area contributed by atoms with E-state index >= 15 is 0 Å². The monoisotopic (exact) mass is 252 g/mol. The molecule has 0 aromatic carbocycles. The fourth-order valence-corrected chi connectivity index (χ4v) is 3.70. The van der Waals surface area contributed by atoms with Crippen molar-refractivity contribution >= 4 is 17.7 Å². The van der Waals surface area contributed by atoms with Crippen LogP contribution >= 0.6 is 11.8 Å². The van der Waals surface area contributed by atoms with E-state index in [1.165, 1.54) is 17.8 Å². The van der Waals surface area contributed by atoms with Gasteiger partial charge in [-0.15, -0.1) is 0 Å². The van der Waals surface area contributed by atoms with Crippen LogP contribution in [0.25, 0.3) is 0 Å². The Hall–Kier alpha value is -0.990. The molecule has 2 fully saturated rings. The van der Waals surface area contributed by atoms with Crippen LogP contribution in [0.4, 0.5) is 0 Å². The third-order valence-corrected chi connectivity index (χ3v) is 5.05. The molecule has 5 heteroatoms. The first kappa shape index (κ1) is 12.5. The Bertz CT molecular complexity index is 448. The number of thioether (sulfide) groups is 1. The highest BCUT2D eigenvalue weighted by atomic mass is 32.2. The number of nitrogens with one attached hydrogen (secondary N) is 1. The van der Waals surface area contributed by atoms with E-state index in [4.69, 9.17) is 20.1 Å². The number of rotatable bonds is 0. The highest BCUT2D eigenvalue weighted by Crippen LogP contribution is 2.60. The molecule has 0 aliphatic carbocycles. The van der Waals surface area contributed by atoms with Gasteiger partial charge >= 0.3 is 0 Å². The van der Waals surface area contributed by atoms with Crippen molar-refractivity contribution in [3.05, 3.63) is 11.0 Å². The first-order chi connectivity index (χ1) is 7.72. The number of hydrogen-bond donors (Lipinski definition) is 1. The number of nitrogens with zero attached hydrogens (tertiary/aromatic N) is 1.